The van der Waals surface area contributed by atoms with Crippen molar-refractivity contribution < 1.29 is 4.79 Å². The van der Waals surface area contributed by atoms with E-state index in [2.05, 4.69) is 26.4 Å². The second-order valence-corrected chi connectivity index (χ2v) is 7.00. The molecule has 2 fully saturated rings. The summed E-state index contributed by atoms with van der Waals surface area (Å²) in [7, 11) is 0. The van der Waals surface area contributed by atoms with Crippen molar-refractivity contribution in [3.63, 3.8) is 0 Å². The standard InChI is InChI=1S/C11H18OS2/c1-7-5-10(7,13-3)9(12)11(14-4)6-8(11)2/h7-8H,5-6H2,1-4H3. The monoisotopic (exact) mass is 230 g/mol. The van der Waals surface area contributed by atoms with Crippen LogP contribution < -0.4 is 0 Å². The maximum absolute atomic E-state index is 12.5. The normalized spacial score (nSPS) is 50.3. The van der Waals surface area contributed by atoms with E-state index < -0.39 is 0 Å². The lowest BCUT2D eigenvalue weighted by Gasteiger charge is -2.20. The molecule has 0 saturated heterocycles. The number of thioether (sulfide) groups is 2. The van der Waals surface area contributed by atoms with Crippen LogP contribution in [0, 0.1) is 11.8 Å². The molecule has 0 aromatic heterocycles. The van der Waals surface area contributed by atoms with Crippen LogP contribution >= 0.6 is 23.5 Å². The van der Waals surface area contributed by atoms with Crippen molar-refractivity contribution in [2.75, 3.05) is 12.5 Å². The van der Waals surface area contributed by atoms with E-state index in [1.807, 2.05) is 0 Å². The van der Waals surface area contributed by atoms with Crippen molar-refractivity contribution >= 4 is 29.3 Å². The first-order chi connectivity index (χ1) is 6.53. The molecule has 80 valence electrons. The molecule has 0 heterocycles. The highest BCUT2D eigenvalue weighted by Gasteiger charge is 2.68. The quantitative estimate of drug-likeness (QED) is 0.739. The van der Waals surface area contributed by atoms with Crippen molar-refractivity contribution in [2.45, 2.75) is 36.2 Å². The van der Waals surface area contributed by atoms with Crippen LogP contribution in [0.25, 0.3) is 0 Å². The van der Waals surface area contributed by atoms with E-state index in [1.54, 1.807) is 23.5 Å². The Bertz CT molecular complexity index is 244. The molecule has 3 heteroatoms. The fraction of sp³-hybridized carbons (Fsp3) is 0.909. The zero-order valence-electron chi connectivity index (χ0n) is 9.29. The molecule has 14 heavy (non-hydrogen) atoms. The highest BCUT2D eigenvalue weighted by molar-refractivity contribution is 8.02. The molecule has 2 aliphatic carbocycles. The van der Waals surface area contributed by atoms with Gasteiger partial charge in [-0.05, 0) is 37.2 Å². The average molecular weight is 230 g/mol. The third kappa shape index (κ3) is 1.21. The van der Waals surface area contributed by atoms with Gasteiger partial charge < -0.3 is 0 Å². The van der Waals surface area contributed by atoms with Gasteiger partial charge in [0.05, 0.1) is 9.49 Å². The van der Waals surface area contributed by atoms with Gasteiger partial charge in [-0.3, -0.25) is 4.79 Å². The smallest absolute Gasteiger partial charge is 0.165 e. The molecule has 0 bridgehead atoms. The molecule has 0 aliphatic heterocycles. The lowest BCUT2D eigenvalue weighted by Crippen LogP contribution is -2.33. The molecular formula is C11H18OS2. The van der Waals surface area contributed by atoms with Crippen molar-refractivity contribution in [3.05, 3.63) is 0 Å². The van der Waals surface area contributed by atoms with Crippen LogP contribution in [-0.4, -0.2) is 27.8 Å². The summed E-state index contributed by atoms with van der Waals surface area (Å²) in [5.41, 5.74) is 0. The largest absolute Gasteiger partial charge is 0.297 e. The predicted molar refractivity (Wildman–Crippen MR) is 65.1 cm³/mol. The van der Waals surface area contributed by atoms with Crippen LogP contribution in [-0.2, 0) is 4.79 Å². The Kier molecular flexibility index (Phi) is 2.47. The molecule has 0 aromatic rings. The van der Waals surface area contributed by atoms with E-state index in [4.69, 9.17) is 0 Å². The number of Topliss-reactive ketones (excluding diaryl/α,β-unsaturated/α-hetero) is 1. The van der Waals surface area contributed by atoms with Gasteiger partial charge in [0.15, 0.2) is 5.78 Å². The maximum atomic E-state index is 12.5. The Hall–Kier alpha value is 0.370. The third-order valence-corrected chi connectivity index (χ3v) is 6.95. The van der Waals surface area contributed by atoms with Gasteiger partial charge >= 0.3 is 0 Å². The maximum Gasteiger partial charge on any atom is 0.165 e. The van der Waals surface area contributed by atoms with Crippen LogP contribution in [0.2, 0.25) is 0 Å². The zero-order chi connectivity index (χ0) is 10.6. The molecule has 4 unspecified atom stereocenters. The molecule has 1 nitrogen and oxygen atoms in total. The molecule has 0 aromatic carbocycles. The average Bonchev–Trinajstić information content (AvgIpc) is 3.03. The van der Waals surface area contributed by atoms with Crippen molar-refractivity contribution in [1.29, 1.82) is 0 Å². The minimum absolute atomic E-state index is 0.00618. The van der Waals surface area contributed by atoms with E-state index in [-0.39, 0.29) is 9.49 Å². The fourth-order valence-corrected chi connectivity index (χ4v) is 4.98. The molecule has 0 spiro atoms. The van der Waals surface area contributed by atoms with Gasteiger partial charge in [-0.15, -0.1) is 0 Å². The van der Waals surface area contributed by atoms with Gasteiger partial charge in [-0.2, -0.15) is 23.5 Å². The van der Waals surface area contributed by atoms with Gasteiger partial charge in [0.25, 0.3) is 0 Å². The molecular weight excluding hydrogens is 212 g/mol. The van der Waals surface area contributed by atoms with Crippen molar-refractivity contribution in [1.82, 2.24) is 0 Å². The van der Waals surface area contributed by atoms with Crippen LogP contribution in [0.5, 0.6) is 0 Å². The summed E-state index contributed by atoms with van der Waals surface area (Å²) in [6, 6.07) is 0. The number of carbonyl (C=O) groups excluding carboxylic acids is 1. The molecule has 0 N–H and O–H groups in total. The molecule has 2 saturated carbocycles. The second kappa shape index (κ2) is 3.18. The lowest BCUT2D eigenvalue weighted by atomic mass is 10.1. The summed E-state index contributed by atoms with van der Waals surface area (Å²) in [4.78, 5) is 12.5. The van der Waals surface area contributed by atoms with Gasteiger partial charge in [0.1, 0.15) is 0 Å². The van der Waals surface area contributed by atoms with Crippen LogP contribution in [0.15, 0.2) is 0 Å². The van der Waals surface area contributed by atoms with Crippen molar-refractivity contribution in [3.8, 4) is 0 Å². The van der Waals surface area contributed by atoms with Crippen LogP contribution in [0.3, 0.4) is 0 Å². The summed E-state index contributed by atoms with van der Waals surface area (Å²) in [5.74, 6) is 1.73. The second-order valence-electron chi connectivity index (χ2n) is 4.73. The first kappa shape index (κ1) is 10.9. The molecule has 2 aliphatic rings. The van der Waals surface area contributed by atoms with E-state index in [0.717, 1.165) is 12.8 Å². The Morgan fingerprint density at radius 2 is 1.36 bits per heavy atom. The summed E-state index contributed by atoms with van der Waals surface area (Å²) in [6.45, 7) is 4.41. The van der Waals surface area contributed by atoms with E-state index >= 15 is 0 Å². The minimum Gasteiger partial charge on any atom is -0.297 e. The van der Waals surface area contributed by atoms with Gasteiger partial charge in [-0.1, -0.05) is 13.8 Å². The van der Waals surface area contributed by atoms with Gasteiger partial charge in [-0.25, -0.2) is 0 Å². The molecule has 4 atom stereocenters. The number of rotatable bonds is 4. The summed E-state index contributed by atoms with van der Waals surface area (Å²) >= 11 is 3.55. The minimum atomic E-state index is -0.00618. The predicted octanol–water partition coefficient (Wildman–Crippen LogP) is 2.84. The van der Waals surface area contributed by atoms with E-state index in [0.29, 0.717) is 17.6 Å². The lowest BCUT2D eigenvalue weighted by molar-refractivity contribution is -0.119. The summed E-state index contributed by atoms with van der Waals surface area (Å²) in [6.07, 6.45) is 6.37. The van der Waals surface area contributed by atoms with Crippen molar-refractivity contribution in [2.24, 2.45) is 11.8 Å². The number of hydrogen-bond donors (Lipinski definition) is 0. The van der Waals surface area contributed by atoms with Gasteiger partial charge in [0, 0.05) is 0 Å². The zero-order valence-corrected chi connectivity index (χ0v) is 10.9. The highest BCUT2D eigenvalue weighted by Crippen LogP contribution is 2.63. The van der Waals surface area contributed by atoms with Crippen LogP contribution in [0.1, 0.15) is 26.7 Å². The Morgan fingerprint density at radius 1 is 1.07 bits per heavy atom. The highest BCUT2D eigenvalue weighted by atomic mass is 32.2. The first-order valence-corrected chi connectivity index (χ1v) is 7.63. The summed E-state index contributed by atoms with van der Waals surface area (Å²) in [5, 5.41) is 0. The topological polar surface area (TPSA) is 17.1 Å². The Balaban J connectivity index is 2.17. The van der Waals surface area contributed by atoms with Crippen LogP contribution in [0.4, 0.5) is 0 Å². The Morgan fingerprint density at radius 3 is 1.50 bits per heavy atom. The molecule has 0 radical (unpaired) electrons. The van der Waals surface area contributed by atoms with E-state index in [1.165, 1.54) is 0 Å². The number of hydrogen-bond acceptors (Lipinski definition) is 3. The first-order valence-electron chi connectivity index (χ1n) is 5.18. The number of carbonyl (C=O) groups is 1. The summed E-state index contributed by atoms with van der Waals surface area (Å²) < 4.78 is -0.0124. The SMILES string of the molecule is CSC1(C(=O)C2(SC)CC2C)CC1C. The molecule has 0 amide bonds. The van der Waals surface area contributed by atoms with Gasteiger partial charge in [0.2, 0.25) is 0 Å². The number of ketones is 1. The third-order valence-electron chi connectivity index (χ3n) is 3.99. The fourth-order valence-electron chi connectivity index (χ4n) is 2.54. The van der Waals surface area contributed by atoms with E-state index in [9.17, 15) is 4.79 Å². The molecule has 2 rings (SSSR count). The Labute approximate surface area is 94.8 Å².